The van der Waals surface area contributed by atoms with E-state index in [1.807, 2.05) is 32.1 Å². The second-order valence-corrected chi connectivity index (χ2v) is 10.9. The molecule has 2 aliphatic heterocycles. The first kappa shape index (κ1) is 38.9. The van der Waals surface area contributed by atoms with E-state index in [0.29, 0.717) is 0 Å². The normalized spacial score (nSPS) is 33.7. The molecule has 0 radical (unpaired) electrons. The van der Waals surface area contributed by atoms with Crippen LogP contribution in [0.1, 0.15) is 27.7 Å². The Morgan fingerprint density at radius 3 is 1.63 bits per heavy atom. The average Bonchev–Trinajstić information content (AvgIpc) is 3.02. The van der Waals surface area contributed by atoms with Gasteiger partial charge in [0.2, 0.25) is 6.29 Å². The topological polar surface area (TPSA) is 233 Å². The number of aliphatic carboxylic acids is 1. The van der Waals surface area contributed by atoms with Crippen molar-refractivity contribution in [3.8, 4) is 0 Å². The average molecular weight is 653 g/mol. The molecule has 10 atom stereocenters. The third kappa shape index (κ3) is 11.5. The molecule has 4 unspecified atom stereocenters. The Morgan fingerprint density at radius 1 is 0.630 bits per heavy atom. The van der Waals surface area contributed by atoms with Crippen molar-refractivity contribution in [2.75, 3.05) is 13.2 Å². The van der Waals surface area contributed by atoms with Gasteiger partial charge < -0.3 is 59.8 Å². The van der Waals surface area contributed by atoms with Gasteiger partial charge in [0, 0.05) is 11.1 Å². The Bertz CT molecular complexity index is 1240. The summed E-state index contributed by atoms with van der Waals surface area (Å²) in [6.07, 6.45) is 0.855. The van der Waals surface area contributed by atoms with E-state index in [-0.39, 0.29) is 11.1 Å². The van der Waals surface area contributed by atoms with Gasteiger partial charge in [0.15, 0.2) is 6.29 Å². The molecule has 0 spiro atoms. The fraction of sp³-hybridized carbons (Fsp3) is 0.500. The second kappa shape index (κ2) is 18.8. The maximum atomic E-state index is 12.6. The molecule has 256 valence electrons. The summed E-state index contributed by atoms with van der Waals surface area (Å²) in [7, 11) is 0. The highest BCUT2D eigenvalue weighted by Gasteiger charge is 2.48. The van der Waals surface area contributed by atoms with Gasteiger partial charge in [-0.25, -0.2) is 9.59 Å². The van der Waals surface area contributed by atoms with Crippen molar-refractivity contribution < 1.29 is 69.4 Å². The highest BCUT2D eigenvalue weighted by Crippen LogP contribution is 2.26. The lowest BCUT2D eigenvalue weighted by Crippen LogP contribution is -2.61. The number of ether oxygens (including phenoxy) is 4. The fourth-order valence-corrected chi connectivity index (χ4v) is 4.10. The zero-order valence-electron chi connectivity index (χ0n) is 26.0. The first-order valence-electron chi connectivity index (χ1n) is 14.5. The Balaban J connectivity index is 1.94. The molecule has 0 aromatic carbocycles. The molecule has 0 bridgehead atoms. The summed E-state index contributed by atoms with van der Waals surface area (Å²) in [6.45, 7) is 5.43. The van der Waals surface area contributed by atoms with Gasteiger partial charge in [-0.15, -0.1) is 0 Å². The molecular formula is C32H44O14. The number of hydrogen-bond acceptors (Lipinski definition) is 13. The van der Waals surface area contributed by atoms with Crippen molar-refractivity contribution in [1.29, 1.82) is 0 Å². The fourth-order valence-electron chi connectivity index (χ4n) is 4.10. The van der Waals surface area contributed by atoms with Gasteiger partial charge >= 0.3 is 11.9 Å². The number of carbonyl (C=O) groups excluding carboxylic acids is 1. The number of carboxylic acid groups (broad SMARTS) is 1. The first-order chi connectivity index (χ1) is 21.7. The number of esters is 1. The summed E-state index contributed by atoms with van der Waals surface area (Å²) in [5.74, 6) is -1.86. The minimum absolute atomic E-state index is 0.127. The van der Waals surface area contributed by atoms with Crippen LogP contribution in [0.4, 0.5) is 0 Å². The molecule has 2 heterocycles. The van der Waals surface area contributed by atoms with E-state index in [2.05, 4.69) is 0 Å². The smallest absolute Gasteiger partial charge is 0.336 e. The predicted octanol–water partition coefficient (Wildman–Crippen LogP) is -0.308. The van der Waals surface area contributed by atoms with E-state index in [1.54, 1.807) is 30.4 Å². The van der Waals surface area contributed by atoms with Crippen LogP contribution < -0.4 is 0 Å². The van der Waals surface area contributed by atoms with Crippen LogP contribution in [-0.4, -0.2) is 127 Å². The van der Waals surface area contributed by atoms with Gasteiger partial charge in [-0.05, 0) is 27.7 Å². The lowest BCUT2D eigenvalue weighted by Gasteiger charge is -2.42. The highest BCUT2D eigenvalue weighted by atomic mass is 16.7. The Kier molecular flexibility index (Phi) is 15.9. The molecule has 2 fully saturated rings. The molecule has 2 rings (SSSR count). The van der Waals surface area contributed by atoms with E-state index in [1.165, 1.54) is 26.0 Å². The van der Waals surface area contributed by atoms with Crippen molar-refractivity contribution in [2.24, 2.45) is 0 Å². The van der Waals surface area contributed by atoms with Crippen LogP contribution in [0, 0.1) is 0 Å². The Labute approximate surface area is 266 Å². The number of rotatable bonds is 13. The summed E-state index contributed by atoms with van der Waals surface area (Å²) in [5.41, 5.74) is 2.11. The van der Waals surface area contributed by atoms with Gasteiger partial charge in [0.25, 0.3) is 0 Å². The van der Waals surface area contributed by atoms with Gasteiger partial charge in [-0.3, -0.25) is 0 Å². The third-order valence-corrected chi connectivity index (χ3v) is 7.06. The molecule has 14 heteroatoms. The number of carbonyl (C=O) groups is 2. The minimum atomic E-state index is -1.80. The van der Waals surface area contributed by atoms with Crippen molar-refractivity contribution in [1.82, 2.24) is 0 Å². The molecule has 2 saturated heterocycles. The zero-order chi connectivity index (χ0) is 34.6. The van der Waals surface area contributed by atoms with Crippen LogP contribution in [0.5, 0.6) is 0 Å². The molecule has 14 nitrogen and oxygen atoms in total. The van der Waals surface area contributed by atoms with Gasteiger partial charge in [0.1, 0.15) is 48.8 Å². The van der Waals surface area contributed by atoms with Crippen molar-refractivity contribution in [2.45, 2.75) is 89.1 Å². The third-order valence-electron chi connectivity index (χ3n) is 7.06. The Morgan fingerprint density at radius 2 is 1.11 bits per heavy atom. The standard InChI is InChI=1S/C32H44O14/c1-17(11-7-13-19(3)29(40)41)9-5-6-10-18(2)12-8-14-20(4)30(42)46-32-28(39)26(37)24(35)22(45-32)16-43-31-27(38)25(36)23(34)21(15-33)44-31/h5-14,21-28,31-39H,15-16H2,1-4H3,(H,40,41)/b6-5+,11-7+,12-8+,17-9+,18-10-,19-13+,20-14+/t21?,22?,23-,24-,25+,26+,27?,28?,31-,32+/m1/s1. The van der Waals surface area contributed by atoms with E-state index in [4.69, 9.17) is 24.1 Å². The number of allylic oxidation sites excluding steroid dienone is 12. The number of hydrogen-bond donors (Lipinski definition) is 8. The van der Waals surface area contributed by atoms with Crippen LogP contribution in [0.25, 0.3) is 0 Å². The van der Waals surface area contributed by atoms with Crippen molar-refractivity contribution in [3.05, 3.63) is 83.1 Å². The monoisotopic (exact) mass is 652 g/mol. The number of aliphatic hydroxyl groups excluding tert-OH is 7. The highest BCUT2D eigenvalue weighted by molar-refractivity contribution is 5.88. The van der Waals surface area contributed by atoms with Gasteiger partial charge in [-0.1, -0.05) is 71.9 Å². The molecule has 8 N–H and O–H groups in total. The molecule has 0 saturated carbocycles. The lowest BCUT2D eigenvalue weighted by molar-refractivity contribution is -0.326. The summed E-state index contributed by atoms with van der Waals surface area (Å²) in [4.78, 5) is 23.4. The minimum Gasteiger partial charge on any atom is -0.478 e. The largest absolute Gasteiger partial charge is 0.478 e. The zero-order valence-corrected chi connectivity index (χ0v) is 26.0. The molecule has 0 aliphatic carbocycles. The van der Waals surface area contributed by atoms with E-state index >= 15 is 0 Å². The predicted molar refractivity (Wildman–Crippen MR) is 163 cm³/mol. The summed E-state index contributed by atoms with van der Waals surface area (Å²) in [6, 6.07) is 0. The molecule has 0 amide bonds. The van der Waals surface area contributed by atoms with E-state index in [0.717, 1.165) is 11.1 Å². The molecule has 0 aromatic rings. The van der Waals surface area contributed by atoms with Crippen LogP contribution >= 0.6 is 0 Å². The summed E-state index contributed by atoms with van der Waals surface area (Å²) >= 11 is 0. The summed E-state index contributed by atoms with van der Waals surface area (Å²) in [5, 5.41) is 79.1. The van der Waals surface area contributed by atoms with E-state index in [9.17, 15) is 45.3 Å². The molecule has 2 aliphatic rings. The van der Waals surface area contributed by atoms with Crippen LogP contribution in [0.15, 0.2) is 83.1 Å². The molecule has 0 aromatic heterocycles. The SMILES string of the molecule is CC(=C/C=C/C=C(C)/C=C/C=C(\C)C(=O)O)/C=C/C=C(\C)C(=O)O[C@@H]1OC(CO[C@@H]2OC(CO)[C@@H](O)[C@H](O)C2O)[C@@H](O)[C@H](O)C1O. The van der Waals surface area contributed by atoms with Crippen molar-refractivity contribution in [3.63, 3.8) is 0 Å². The summed E-state index contributed by atoms with van der Waals surface area (Å²) < 4.78 is 21.3. The number of carboxylic acids is 1. The van der Waals surface area contributed by atoms with Crippen molar-refractivity contribution >= 4 is 11.9 Å². The van der Waals surface area contributed by atoms with Crippen LogP contribution in [0.2, 0.25) is 0 Å². The maximum absolute atomic E-state index is 12.6. The van der Waals surface area contributed by atoms with Crippen LogP contribution in [0.3, 0.4) is 0 Å². The maximum Gasteiger partial charge on any atom is 0.336 e. The quantitative estimate of drug-likeness (QED) is 0.0725. The van der Waals surface area contributed by atoms with Gasteiger partial charge in [-0.2, -0.15) is 0 Å². The number of aliphatic hydroxyl groups is 7. The Hall–Kier alpha value is -3.28. The van der Waals surface area contributed by atoms with Crippen LogP contribution in [-0.2, 0) is 28.5 Å². The van der Waals surface area contributed by atoms with E-state index < -0.39 is 86.6 Å². The lowest BCUT2D eigenvalue weighted by atomic mass is 9.98. The first-order valence-corrected chi connectivity index (χ1v) is 14.5. The second-order valence-electron chi connectivity index (χ2n) is 10.9. The van der Waals surface area contributed by atoms with Gasteiger partial charge in [0.05, 0.1) is 13.2 Å². The molecular weight excluding hydrogens is 608 g/mol. The molecule has 46 heavy (non-hydrogen) atoms.